The van der Waals surface area contributed by atoms with Gasteiger partial charge in [-0.2, -0.15) is 0 Å². The molecule has 5 N–H and O–H groups in total. The number of aliphatic hydroxyl groups is 1. The molecule has 29 heteroatoms. The van der Waals surface area contributed by atoms with Crippen LogP contribution in [0.4, 0.5) is 0 Å². The van der Waals surface area contributed by atoms with Gasteiger partial charge in [0.2, 0.25) is 78.6 Å². The zero-order valence-electron chi connectivity index (χ0n) is 70.1. The average molecular weight is 1560 g/mol. The Hall–Kier alpha value is -8.57. The summed E-state index contributed by atoms with van der Waals surface area (Å²) in [7, 11) is 9.92. The van der Waals surface area contributed by atoms with E-state index in [1.165, 1.54) is 87.7 Å². The summed E-state index contributed by atoms with van der Waals surface area (Å²) >= 11 is 0. The summed E-state index contributed by atoms with van der Waals surface area (Å²) in [5.74, 6) is -5.88. The van der Waals surface area contributed by atoms with Gasteiger partial charge in [-0.15, -0.1) is 0 Å². The van der Waals surface area contributed by atoms with E-state index >= 15 is 9.59 Å². The molecule has 0 aromatic heterocycles. The number of hydrogen-bond acceptors (Lipinski definition) is 18. The van der Waals surface area contributed by atoms with Crippen molar-refractivity contribution in [3.63, 3.8) is 0 Å². The Morgan fingerprint density at radius 3 is 1.34 bits per heavy atom. The van der Waals surface area contributed by atoms with Gasteiger partial charge >= 0.3 is 0 Å². The van der Waals surface area contributed by atoms with Crippen LogP contribution in [0.15, 0.2) is 48.6 Å². The number of nitrogens with one attached hydrogen (secondary N) is 4. The highest BCUT2D eigenvalue weighted by molar-refractivity contribution is 5.99. The number of carbonyl (C=O) groups excluding carboxylic acids is 11. The predicted molar refractivity (Wildman–Crippen MR) is 418 cm³/mol. The Kier molecular flexibility index (Phi) is 33.5. The van der Waals surface area contributed by atoms with E-state index in [4.69, 9.17) is 28.4 Å². The van der Waals surface area contributed by atoms with Gasteiger partial charge in [0.05, 0.1) is 38.1 Å². The van der Waals surface area contributed by atoms with E-state index < -0.39 is 156 Å². The van der Waals surface area contributed by atoms with E-state index in [9.17, 15) is 48.3 Å². The summed E-state index contributed by atoms with van der Waals surface area (Å²) in [5.41, 5.74) is 2.24. The smallest absolute Gasteiger partial charge is 0.246 e. The largest absolute Gasteiger partial charge is 0.454 e. The van der Waals surface area contributed by atoms with Gasteiger partial charge in [0.15, 0.2) is 23.0 Å². The second-order valence-electron chi connectivity index (χ2n) is 33.2. The van der Waals surface area contributed by atoms with Crippen molar-refractivity contribution >= 4 is 65.0 Å². The number of rotatable bonds is 17. The first-order valence-corrected chi connectivity index (χ1v) is 39.5. The van der Waals surface area contributed by atoms with Crippen molar-refractivity contribution in [3.05, 3.63) is 59.7 Å². The molecule has 29 nitrogen and oxygen atoms in total. The monoisotopic (exact) mass is 1560 g/mol. The summed E-state index contributed by atoms with van der Waals surface area (Å²) in [6, 6.07) is -0.222. The molecule has 2 aromatic rings. The molecule has 620 valence electrons. The summed E-state index contributed by atoms with van der Waals surface area (Å²) < 4.78 is 34.2. The lowest BCUT2D eigenvalue weighted by atomic mass is 9.85. The fraction of sp³-hybridized carbons (Fsp3) is 0.695. The van der Waals surface area contributed by atoms with Gasteiger partial charge in [0.1, 0.15) is 60.4 Å². The summed E-state index contributed by atoms with van der Waals surface area (Å²) in [6.07, 6.45) is 3.09. The molecule has 5 heterocycles. The minimum Gasteiger partial charge on any atom is -0.454 e. The lowest BCUT2D eigenvalue weighted by Gasteiger charge is -2.41. The van der Waals surface area contributed by atoms with Crippen molar-refractivity contribution < 1.29 is 86.3 Å². The fourth-order valence-electron chi connectivity index (χ4n) is 15.1. The lowest BCUT2D eigenvalue weighted by molar-refractivity contribution is -0.157. The molecule has 3 fully saturated rings. The number of nitrogens with zero attached hydrogens (tertiary/aromatic N) is 7. The minimum atomic E-state index is -1.61. The van der Waals surface area contributed by atoms with E-state index in [-0.39, 0.29) is 81.6 Å². The zero-order chi connectivity index (χ0) is 83.1. The van der Waals surface area contributed by atoms with Crippen LogP contribution in [0.25, 0.3) is 0 Å². The molecule has 0 radical (unpaired) electrons. The number of benzene rings is 2. The zero-order valence-corrected chi connectivity index (χ0v) is 70.1. The van der Waals surface area contributed by atoms with Gasteiger partial charge < -0.3 is 89.1 Å². The van der Waals surface area contributed by atoms with Crippen molar-refractivity contribution in [3.8, 4) is 23.0 Å². The molecule has 111 heavy (non-hydrogen) atoms. The number of likely N-dealkylation sites (N-methyl/N-ethyl adjacent to an activating group) is 7. The van der Waals surface area contributed by atoms with Crippen molar-refractivity contribution in [2.45, 2.75) is 235 Å². The van der Waals surface area contributed by atoms with Crippen LogP contribution in [0.3, 0.4) is 0 Å². The first kappa shape index (κ1) is 91.3. The van der Waals surface area contributed by atoms with Crippen LogP contribution >= 0.6 is 0 Å². The van der Waals surface area contributed by atoms with E-state index in [0.717, 1.165) is 43.9 Å². The number of amides is 11. The molecule has 0 saturated carbocycles. The maximum Gasteiger partial charge on any atom is 0.246 e. The number of carbonyl (C=O) groups is 11. The molecule has 7 rings (SSSR count). The van der Waals surface area contributed by atoms with Crippen LogP contribution < -0.4 is 40.2 Å². The molecule has 3 saturated heterocycles. The highest BCUT2D eigenvalue weighted by Gasteiger charge is 2.50. The minimum absolute atomic E-state index is 0.0218. The van der Waals surface area contributed by atoms with Crippen LogP contribution in [0.2, 0.25) is 0 Å². The van der Waals surface area contributed by atoms with E-state index in [2.05, 4.69) is 33.4 Å². The van der Waals surface area contributed by atoms with Gasteiger partial charge in [-0.05, 0) is 136 Å². The maximum absolute atomic E-state index is 15.1. The van der Waals surface area contributed by atoms with Gasteiger partial charge in [-0.1, -0.05) is 121 Å². The van der Waals surface area contributed by atoms with Crippen LogP contribution in [0, 0.1) is 53.3 Å². The number of allylic oxidation sites excluding steroid dienone is 2. The van der Waals surface area contributed by atoms with Gasteiger partial charge in [-0.25, -0.2) is 0 Å². The maximum atomic E-state index is 15.1. The predicted octanol–water partition coefficient (Wildman–Crippen LogP) is 6.49. The average Bonchev–Trinajstić information content (AvgIpc) is 1.59. The number of ether oxygens (including phenoxy) is 6. The van der Waals surface area contributed by atoms with E-state index in [0.29, 0.717) is 31.5 Å². The Morgan fingerprint density at radius 1 is 0.459 bits per heavy atom. The van der Waals surface area contributed by atoms with Crippen molar-refractivity contribution in [2.24, 2.45) is 53.3 Å². The Morgan fingerprint density at radius 2 is 0.883 bits per heavy atom. The topological polar surface area (TPSA) is 334 Å². The molecule has 0 aliphatic carbocycles. The molecule has 2 aromatic carbocycles. The molecule has 0 spiro atoms. The van der Waals surface area contributed by atoms with E-state index in [1.54, 1.807) is 54.5 Å². The number of hydrogen-bond donors (Lipinski definition) is 5. The SMILES string of the molecule is CC=CCC(C)C(O)C1C(=O)NC(CC)C(=O)N(C)CC(=O)N(C)C(CC(C)C)C(=O)NC(C(C)C)C(=O)N(C)C(CC(C)C)C(=O)NC(C)C(=O)NC(C)C(=O)N(C)C(CC(C)C)C(=O)N(C)C(CC(C)C)C(=O)N(C)C(C(C)C)C(=O)N1C.c1cc2c(cc1C1OCC3C(c4ccc5c(c4)OCO5)OCC13)OCO2. The highest BCUT2D eigenvalue weighted by Crippen LogP contribution is 2.52. The quantitative estimate of drug-likeness (QED) is 0.106. The Labute approximate surface area is 657 Å². The molecular weight excluding hydrogens is 1430 g/mol. The third-order valence-electron chi connectivity index (χ3n) is 21.8. The van der Waals surface area contributed by atoms with Gasteiger partial charge in [0.25, 0.3) is 0 Å². The second kappa shape index (κ2) is 40.8. The summed E-state index contributed by atoms with van der Waals surface area (Å²) in [6.45, 7) is 31.3. The number of aliphatic hydroxyl groups excluding tert-OH is 1. The third kappa shape index (κ3) is 22.9. The van der Waals surface area contributed by atoms with Crippen molar-refractivity contribution in [1.29, 1.82) is 0 Å². The van der Waals surface area contributed by atoms with Crippen LogP contribution in [0.1, 0.15) is 180 Å². The standard InChI is InChI=1S/C62H111N11O12.C20H18O6/c1-25-27-28-40(15)52(75)51-56(79)65-43(26-2)58(81)67(18)33-48(74)68(19)44(29-34(3)4)55(78)66-49(38(11)12)61(84)69(20)45(30-35(5)6)54(77)63-41(16)53(76)64-42(17)57(80)70(21)46(31-36(7)8)59(82)71(22)47(32-37(9)10)60(83)72(23)50(39(13)14)62(85)73(51)24;1-3-15-17(25-9-23-15)5-11(1)19-13-7-22-20(14(13)8-21-19)12-2-4-16-18(6-12)26-10-24-16/h25,27,34-47,49-52,75H,26,28-33H2,1-24H3,(H,63,77)(H,64,76)(H,65,79)(H,66,78);1-6,13-14,19-20H,7-10H2. The highest BCUT2D eigenvalue weighted by atomic mass is 16.7. The van der Waals surface area contributed by atoms with Gasteiger partial charge in [0, 0.05) is 61.2 Å². The number of fused-ring (bicyclic) bond motifs is 3. The molecule has 16 atom stereocenters. The molecule has 5 aliphatic rings. The normalized spacial score (nSPS) is 27.8. The molecule has 5 aliphatic heterocycles. The van der Waals surface area contributed by atoms with E-state index in [1.807, 2.05) is 85.7 Å². The van der Waals surface area contributed by atoms with Crippen LogP contribution in [-0.4, -0.2) is 254 Å². The molecule has 16 unspecified atom stereocenters. The summed E-state index contributed by atoms with van der Waals surface area (Å²) in [5, 5.41) is 23.1. The lowest BCUT2D eigenvalue weighted by Crippen LogP contribution is -2.63. The summed E-state index contributed by atoms with van der Waals surface area (Å²) in [4.78, 5) is 169. The third-order valence-corrected chi connectivity index (χ3v) is 21.8. The van der Waals surface area contributed by atoms with Crippen LogP contribution in [0.5, 0.6) is 23.0 Å². The molecular formula is C82H129N11O18. The fourth-order valence-corrected chi connectivity index (χ4v) is 15.1. The van der Waals surface area contributed by atoms with Crippen LogP contribution in [-0.2, 0) is 62.2 Å². The molecule has 11 amide bonds. The molecule has 0 bridgehead atoms. The van der Waals surface area contributed by atoms with Gasteiger partial charge in [-0.3, -0.25) is 52.7 Å². The first-order valence-electron chi connectivity index (χ1n) is 39.5. The Balaban J connectivity index is 0.000000602. The van der Waals surface area contributed by atoms with Crippen molar-refractivity contribution in [2.75, 3.05) is 82.7 Å². The van der Waals surface area contributed by atoms with Crippen molar-refractivity contribution in [1.82, 2.24) is 55.6 Å². The first-order chi connectivity index (χ1) is 52.1. The Bertz CT molecular complexity index is 3530. The second-order valence-corrected chi connectivity index (χ2v) is 33.2.